The van der Waals surface area contributed by atoms with E-state index in [-0.39, 0.29) is 5.91 Å². The molecule has 0 aliphatic heterocycles. The second-order valence-corrected chi connectivity index (χ2v) is 5.46. The molecule has 0 aliphatic carbocycles. The number of nitrogens with zero attached hydrogens (tertiary/aromatic N) is 1. The van der Waals surface area contributed by atoms with Crippen molar-refractivity contribution in [1.29, 1.82) is 0 Å². The minimum absolute atomic E-state index is 0.161. The van der Waals surface area contributed by atoms with Crippen LogP contribution in [0.1, 0.15) is 57.9 Å². The van der Waals surface area contributed by atoms with Crippen LogP contribution in [0.25, 0.3) is 0 Å². The normalized spacial score (nSPS) is 10.6. The fourth-order valence-corrected chi connectivity index (χ4v) is 2.21. The number of rotatable bonds is 10. The predicted octanol–water partition coefficient (Wildman–Crippen LogP) is 4.68. The number of amides is 1. The fourth-order valence-electron chi connectivity index (χ4n) is 2.21. The van der Waals surface area contributed by atoms with E-state index in [4.69, 9.17) is 4.74 Å². The van der Waals surface area contributed by atoms with E-state index >= 15 is 0 Å². The monoisotopic (exact) mass is 291 g/mol. The van der Waals surface area contributed by atoms with E-state index < -0.39 is 0 Å². The topological polar surface area (TPSA) is 29.5 Å². The van der Waals surface area contributed by atoms with Crippen molar-refractivity contribution in [2.24, 2.45) is 0 Å². The van der Waals surface area contributed by atoms with Crippen LogP contribution in [-0.2, 0) is 9.53 Å². The van der Waals surface area contributed by atoms with Gasteiger partial charge >= 0.3 is 0 Å². The summed E-state index contributed by atoms with van der Waals surface area (Å²) in [4.78, 5) is 14.3. The van der Waals surface area contributed by atoms with Crippen molar-refractivity contribution in [3.63, 3.8) is 0 Å². The molecule has 1 rings (SSSR count). The van der Waals surface area contributed by atoms with E-state index in [1.54, 1.807) is 4.90 Å². The number of benzene rings is 1. The van der Waals surface area contributed by atoms with Gasteiger partial charge in [-0.3, -0.25) is 9.69 Å². The lowest BCUT2D eigenvalue weighted by molar-refractivity contribution is -0.119. The van der Waals surface area contributed by atoms with Crippen LogP contribution < -0.4 is 4.90 Å². The van der Waals surface area contributed by atoms with Gasteiger partial charge in [-0.05, 0) is 31.4 Å². The zero-order valence-electron chi connectivity index (χ0n) is 13.7. The van der Waals surface area contributed by atoms with Crippen LogP contribution in [0, 0.1) is 6.92 Å². The number of hydrogen-bond donors (Lipinski definition) is 0. The van der Waals surface area contributed by atoms with Crippen LogP contribution in [0.2, 0.25) is 0 Å². The van der Waals surface area contributed by atoms with Crippen LogP contribution in [0.3, 0.4) is 0 Å². The highest BCUT2D eigenvalue weighted by molar-refractivity contribution is 5.93. The van der Waals surface area contributed by atoms with Gasteiger partial charge in [0.1, 0.15) is 6.73 Å². The second kappa shape index (κ2) is 10.4. The van der Waals surface area contributed by atoms with Crippen LogP contribution in [0.5, 0.6) is 0 Å². The van der Waals surface area contributed by atoms with Gasteiger partial charge < -0.3 is 4.74 Å². The van der Waals surface area contributed by atoms with E-state index in [0.717, 1.165) is 43.4 Å². The lowest BCUT2D eigenvalue weighted by atomic mass is 10.1. The molecule has 3 nitrogen and oxygen atoms in total. The second-order valence-electron chi connectivity index (χ2n) is 5.46. The zero-order chi connectivity index (χ0) is 15.5. The molecule has 0 fully saturated rings. The number of ether oxygens (including phenoxy) is 1. The first-order chi connectivity index (χ1) is 10.2. The first-order valence-electron chi connectivity index (χ1n) is 8.14. The van der Waals surface area contributed by atoms with E-state index in [1.807, 2.05) is 31.2 Å². The van der Waals surface area contributed by atoms with Gasteiger partial charge in [0, 0.05) is 18.7 Å². The number of carbonyl (C=O) groups is 1. The van der Waals surface area contributed by atoms with Gasteiger partial charge in [-0.25, -0.2) is 0 Å². The first kappa shape index (κ1) is 17.7. The number of aryl methyl sites for hydroxylation is 1. The summed E-state index contributed by atoms with van der Waals surface area (Å²) in [5.74, 6) is 0.161. The Kier molecular flexibility index (Phi) is 8.76. The summed E-state index contributed by atoms with van der Waals surface area (Å²) >= 11 is 0. The van der Waals surface area contributed by atoms with Gasteiger partial charge in [0.05, 0.1) is 0 Å². The molecule has 0 atom stereocenters. The highest BCUT2D eigenvalue weighted by Gasteiger charge is 2.16. The maximum absolute atomic E-state index is 12.5. The molecule has 0 aliphatic rings. The summed E-state index contributed by atoms with van der Waals surface area (Å²) in [5.41, 5.74) is 2.08. The summed E-state index contributed by atoms with van der Waals surface area (Å²) in [6, 6.07) is 8.00. The van der Waals surface area contributed by atoms with Crippen molar-refractivity contribution in [2.45, 2.75) is 59.3 Å². The standard InChI is InChI=1S/C18H29NO2/c1-4-6-8-13-18(20)19(15-21-14-7-5-2)17-12-10-9-11-16(17)3/h9-12H,4-8,13-15H2,1-3H3. The average molecular weight is 291 g/mol. The van der Waals surface area contributed by atoms with E-state index in [1.165, 1.54) is 0 Å². The summed E-state index contributed by atoms with van der Waals surface area (Å²) in [5, 5.41) is 0. The molecule has 0 N–H and O–H groups in total. The van der Waals surface area contributed by atoms with Crippen molar-refractivity contribution in [1.82, 2.24) is 0 Å². The Morgan fingerprint density at radius 3 is 2.48 bits per heavy atom. The molecular weight excluding hydrogens is 262 g/mol. The van der Waals surface area contributed by atoms with Crippen LogP contribution in [-0.4, -0.2) is 19.2 Å². The van der Waals surface area contributed by atoms with Crippen molar-refractivity contribution in [2.75, 3.05) is 18.2 Å². The summed E-state index contributed by atoms with van der Waals surface area (Å²) in [6.45, 7) is 7.39. The smallest absolute Gasteiger partial charge is 0.228 e. The minimum Gasteiger partial charge on any atom is -0.361 e. The number of anilines is 1. The van der Waals surface area contributed by atoms with Crippen molar-refractivity contribution in [3.05, 3.63) is 29.8 Å². The molecule has 0 radical (unpaired) electrons. The fraction of sp³-hybridized carbons (Fsp3) is 0.611. The Balaban J connectivity index is 2.69. The minimum atomic E-state index is 0.161. The molecule has 0 unspecified atom stereocenters. The SMILES string of the molecule is CCCCCC(=O)N(COCCCC)c1ccccc1C. The van der Waals surface area contributed by atoms with Crippen LogP contribution in [0.15, 0.2) is 24.3 Å². The van der Waals surface area contributed by atoms with E-state index in [2.05, 4.69) is 13.8 Å². The molecule has 0 saturated carbocycles. The number of hydrogen-bond acceptors (Lipinski definition) is 2. The quantitative estimate of drug-likeness (QED) is 0.462. The maximum atomic E-state index is 12.5. The lowest BCUT2D eigenvalue weighted by Gasteiger charge is -2.24. The Labute approximate surface area is 129 Å². The van der Waals surface area contributed by atoms with Crippen LogP contribution >= 0.6 is 0 Å². The largest absolute Gasteiger partial charge is 0.361 e. The van der Waals surface area contributed by atoms with Gasteiger partial charge in [0.25, 0.3) is 0 Å². The molecule has 1 aromatic carbocycles. The van der Waals surface area contributed by atoms with Gasteiger partial charge in [-0.1, -0.05) is 51.3 Å². The predicted molar refractivity (Wildman–Crippen MR) is 88.5 cm³/mol. The molecule has 3 heteroatoms. The summed E-state index contributed by atoms with van der Waals surface area (Å²) in [6.07, 6.45) is 5.92. The molecular formula is C18H29NO2. The zero-order valence-corrected chi connectivity index (χ0v) is 13.7. The van der Waals surface area contributed by atoms with Gasteiger partial charge in [-0.15, -0.1) is 0 Å². The highest BCUT2D eigenvalue weighted by atomic mass is 16.5. The molecule has 0 bridgehead atoms. The Bertz CT molecular complexity index is 417. The highest BCUT2D eigenvalue weighted by Crippen LogP contribution is 2.21. The summed E-state index contributed by atoms with van der Waals surface area (Å²) in [7, 11) is 0. The Morgan fingerprint density at radius 1 is 1.10 bits per heavy atom. The molecule has 0 heterocycles. The third kappa shape index (κ3) is 6.30. The molecule has 0 aromatic heterocycles. The molecule has 118 valence electrons. The first-order valence-corrected chi connectivity index (χ1v) is 8.14. The van der Waals surface area contributed by atoms with Crippen LogP contribution in [0.4, 0.5) is 5.69 Å². The van der Waals surface area contributed by atoms with Gasteiger partial charge in [0.15, 0.2) is 0 Å². The van der Waals surface area contributed by atoms with E-state index in [0.29, 0.717) is 19.8 Å². The molecule has 1 aromatic rings. The van der Waals surface area contributed by atoms with Crippen molar-refractivity contribution in [3.8, 4) is 0 Å². The number of unbranched alkanes of at least 4 members (excludes halogenated alkanes) is 3. The molecule has 1 amide bonds. The van der Waals surface area contributed by atoms with Crippen molar-refractivity contribution >= 4 is 11.6 Å². The lowest BCUT2D eigenvalue weighted by Crippen LogP contribution is -2.33. The Hall–Kier alpha value is -1.35. The average Bonchev–Trinajstić information content (AvgIpc) is 2.49. The maximum Gasteiger partial charge on any atom is 0.228 e. The summed E-state index contributed by atoms with van der Waals surface area (Å²) < 4.78 is 5.68. The van der Waals surface area contributed by atoms with E-state index in [9.17, 15) is 4.79 Å². The third-order valence-electron chi connectivity index (χ3n) is 3.56. The van der Waals surface area contributed by atoms with Gasteiger partial charge in [0.2, 0.25) is 5.91 Å². The molecule has 21 heavy (non-hydrogen) atoms. The van der Waals surface area contributed by atoms with Crippen molar-refractivity contribution < 1.29 is 9.53 Å². The third-order valence-corrected chi connectivity index (χ3v) is 3.56. The molecule has 0 saturated heterocycles. The van der Waals surface area contributed by atoms with Gasteiger partial charge in [-0.2, -0.15) is 0 Å². The molecule has 0 spiro atoms. The number of para-hydroxylation sites is 1. The Morgan fingerprint density at radius 2 is 1.81 bits per heavy atom. The number of carbonyl (C=O) groups excluding carboxylic acids is 1.